The molecule has 0 bridgehead atoms. The fourth-order valence-electron chi connectivity index (χ4n) is 2.89. The SMILES string of the molecule is Cc1c(C)c(C)c(S(=O)(=O)NCCC(O)c2cccs2)c(C)c1C. The van der Waals surface area contributed by atoms with E-state index >= 15 is 0 Å². The van der Waals surface area contributed by atoms with Gasteiger partial charge in [0.2, 0.25) is 10.0 Å². The summed E-state index contributed by atoms with van der Waals surface area (Å²) in [6.07, 6.45) is -0.293. The number of nitrogens with one attached hydrogen (secondary N) is 1. The van der Waals surface area contributed by atoms with E-state index in [2.05, 4.69) is 4.72 Å². The Morgan fingerprint density at radius 1 is 1.04 bits per heavy atom. The first-order valence-corrected chi connectivity index (χ1v) is 10.3. The summed E-state index contributed by atoms with van der Waals surface area (Å²) in [5, 5.41) is 12.0. The molecule has 6 heteroatoms. The van der Waals surface area contributed by atoms with Gasteiger partial charge in [0.25, 0.3) is 0 Å². The van der Waals surface area contributed by atoms with E-state index in [9.17, 15) is 13.5 Å². The molecule has 1 aromatic heterocycles. The van der Waals surface area contributed by atoms with Crippen molar-refractivity contribution in [3.63, 3.8) is 0 Å². The molecule has 1 heterocycles. The first kappa shape index (κ1) is 19.1. The van der Waals surface area contributed by atoms with Gasteiger partial charge in [-0.2, -0.15) is 0 Å². The van der Waals surface area contributed by atoms with Gasteiger partial charge in [-0.1, -0.05) is 6.07 Å². The molecule has 0 spiro atoms. The number of thiophene rings is 1. The molecule has 2 aromatic rings. The summed E-state index contributed by atoms with van der Waals surface area (Å²) in [7, 11) is -3.61. The van der Waals surface area contributed by atoms with Gasteiger partial charge < -0.3 is 5.11 Å². The van der Waals surface area contributed by atoms with Crippen LogP contribution in [-0.4, -0.2) is 20.1 Å². The second-order valence-corrected chi connectivity index (χ2v) is 8.85. The first-order chi connectivity index (χ1) is 11.2. The minimum absolute atomic E-state index is 0.201. The van der Waals surface area contributed by atoms with Crippen LogP contribution >= 0.6 is 11.3 Å². The lowest BCUT2D eigenvalue weighted by Gasteiger charge is -2.19. The maximum absolute atomic E-state index is 12.8. The Morgan fingerprint density at radius 2 is 1.58 bits per heavy atom. The van der Waals surface area contributed by atoms with Crippen LogP contribution in [0.4, 0.5) is 0 Å². The highest BCUT2D eigenvalue weighted by Crippen LogP contribution is 2.29. The quantitative estimate of drug-likeness (QED) is 0.818. The molecular formula is C18H25NO3S2. The van der Waals surface area contributed by atoms with Crippen molar-refractivity contribution in [1.29, 1.82) is 0 Å². The van der Waals surface area contributed by atoms with Crippen molar-refractivity contribution in [1.82, 2.24) is 4.72 Å². The van der Waals surface area contributed by atoms with Crippen molar-refractivity contribution >= 4 is 21.4 Å². The molecule has 0 saturated heterocycles. The van der Waals surface area contributed by atoms with Gasteiger partial charge in [-0.3, -0.25) is 0 Å². The number of aliphatic hydroxyl groups excluding tert-OH is 1. The van der Waals surface area contributed by atoms with Crippen molar-refractivity contribution in [2.45, 2.75) is 52.0 Å². The van der Waals surface area contributed by atoms with Gasteiger partial charge in [0, 0.05) is 11.4 Å². The largest absolute Gasteiger partial charge is 0.388 e. The molecule has 0 saturated carbocycles. The van der Waals surface area contributed by atoms with Crippen LogP contribution in [0, 0.1) is 34.6 Å². The number of sulfonamides is 1. The topological polar surface area (TPSA) is 66.4 Å². The van der Waals surface area contributed by atoms with Gasteiger partial charge in [-0.15, -0.1) is 11.3 Å². The minimum atomic E-state index is -3.61. The number of hydrogen-bond donors (Lipinski definition) is 2. The Kier molecular flexibility index (Phi) is 5.86. The lowest BCUT2D eigenvalue weighted by molar-refractivity contribution is 0.173. The summed E-state index contributed by atoms with van der Waals surface area (Å²) < 4.78 is 28.2. The monoisotopic (exact) mass is 367 g/mol. The van der Waals surface area contributed by atoms with Crippen molar-refractivity contribution in [2.24, 2.45) is 0 Å². The molecule has 0 aliphatic heterocycles. The molecule has 0 aliphatic carbocycles. The van der Waals surface area contributed by atoms with Gasteiger partial charge in [-0.25, -0.2) is 13.1 Å². The number of aliphatic hydroxyl groups is 1. The molecule has 1 unspecified atom stereocenters. The molecule has 1 aromatic carbocycles. The summed E-state index contributed by atoms with van der Waals surface area (Å²) in [5.74, 6) is 0. The molecule has 0 radical (unpaired) electrons. The second-order valence-electron chi connectivity index (χ2n) is 6.17. The molecule has 0 fully saturated rings. The Labute approximate surface area is 148 Å². The summed E-state index contributed by atoms with van der Waals surface area (Å²) in [6.45, 7) is 9.83. The second kappa shape index (κ2) is 7.35. The van der Waals surface area contributed by atoms with Crippen LogP contribution in [0.3, 0.4) is 0 Å². The average molecular weight is 368 g/mol. The summed E-state index contributed by atoms with van der Waals surface area (Å²) >= 11 is 1.47. The zero-order valence-corrected chi connectivity index (χ0v) is 16.4. The predicted octanol–water partition coefficient (Wildman–Crippen LogP) is 3.69. The molecule has 24 heavy (non-hydrogen) atoms. The maximum atomic E-state index is 12.8. The van der Waals surface area contributed by atoms with E-state index in [1.165, 1.54) is 11.3 Å². The summed E-state index contributed by atoms with van der Waals surface area (Å²) in [4.78, 5) is 1.22. The maximum Gasteiger partial charge on any atom is 0.241 e. The zero-order chi connectivity index (χ0) is 18.1. The molecule has 132 valence electrons. The number of benzene rings is 1. The van der Waals surface area contributed by atoms with Crippen LogP contribution in [0.2, 0.25) is 0 Å². The van der Waals surface area contributed by atoms with Crippen LogP contribution in [0.5, 0.6) is 0 Å². The lowest BCUT2D eigenvalue weighted by atomic mass is 9.95. The van der Waals surface area contributed by atoms with Crippen LogP contribution in [0.1, 0.15) is 45.2 Å². The Bertz CT molecular complexity index is 795. The minimum Gasteiger partial charge on any atom is -0.388 e. The highest BCUT2D eigenvalue weighted by molar-refractivity contribution is 7.89. The van der Waals surface area contributed by atoms with E-state index in [4.69, 9.17) is 0 Å². The van der Waals surface area contributed by atoms with Crippen LogP contribution in [0.15, 0.2) is 22.4 Å². The van der Waals surface area contributed by atoms with E-state index in [1.54, 1.807) is 0 Å². The Morgan fingerprint density at radius 3 is 2.08 bits per heavy atom. The van der Waals surface area contributed by atoms with Crippen molar-refractivity contribution in [2.75, 3.05) is 6.54 Å². The van der Waals surface area contributed by atoms with Gasteiger partial charge in [0.1, 0.15) is 0 Å². The molecule has 1 atom stereocenters. The Hall–Kier alpha value is -1.21. The van der Waals surface area contributed by atoms with Gasteiger partial charge in [-0.05, 0) is 80.3 Å². The molecule has 4 nitrogen and oxygen atoms in total. The molecule has 2 rings (SSSR count). The fourth-order valence-corrected chi connectivity index (χ4v) is 5.28. The molecule has 0 amide bonds. The van der Waals surface area contributed by atoms with Crippen LogP contribution in [0.25, 0.3) is 0 Å². The highest BCUT2D eigenvalue weighted by Gasteiger charge is 2.23. The fraction of sp³-hybridized carbons (Fsp3) is 0.444. The molecule has 2 N–H and O–H groups in total. The molecule has 0 aliphatic rings. The van der Waals surface area contributed by atoms with Crippen molar-refractivity contribution in [3.05, 3.63) is 50.2 Å². The summed E-state index contributed by atoms with van der Waals surface area (Å²) in [5.41, 5.74) is 4.75. The van der Waals surface area contributed by atoms with E-state index in [1.807, 2.05) is 52.1 Å². The smallest absolute Gasteiger partial charge is 0.241 e. The van der Waals surface area contributed by atoms with E-state index in [0.717, 1.165) is 32.7 Å². The van der Waals surface area contributed by atoms with Crippen molar-refractivity contribution < 1.29 is 13.5 Å². The molecular weight excluding hydrogens is 342 g/mol. The van der Waals surface area contributed by atoms with Gasteiger partial charge in [0.15, 0.2) is 0 Å². The van der Waals surface area contributed by atoms with Gasteiger partial charge >= 0.3 is 0 Å². The lowest BCUT2D eigenvalue weighted by Crippen LogP contribution is -2.28. The number of rotatable bonds is 6. The third-order valence-corrected chi connectivity index (χ3v) is 7.49. The summed E-state index contributed by atoms with van der Waals surface area (Å²) in [6, 6.07) is 3.72. The van der Waals surface area contributed by atoms with Gasteiger partial charge in [0.05, 0.1) is 11.0 Å². The van der Waals surface area contributed by atoms with Crippen LogP contribution in [-0.2, 0) is 10.0 Å². The third kappa shape index (κ3) is 3.72. The predicted molar refractivity (Wildman–Crippen MR) is 99.2 cm³/mol. The Balaban J connectivity index is 2.19. The van der Waals surface area contributed by atoms with E-state index in [0.29, 0.717) is 11.3 Å². The number of hydrogen-bond acceptors (Lipinski definition) is 4. The zero-order valence-electron chi connectivity index (χ0n) is 14.8. The van der Waals surface area contributed by atoms with Crippen molar-refractivity contribution in [3.8, 4) is 0 Å². The normalized spacial score (nSPS) is 13.2. The average Bonchev–Trinajstić information content (AvgIpc) is 3.05. The third-order valence-electron chi connectivity index (χ3n) is 4.78. The standard InChI is InChI=1S/C18H25NO3S2/c1-11-12(2)14(4)18(15(5)13(11)3)24(21,22)19-9-8-16(20)17-7-6-10-23-17/h6-7,10,16,19-20H,8-9H2,1-5H3. The van der Waals surface area contributed by atoms with Crippen LogP contribution < -0.4 is 4.72 Å². The van der Waals surface area contributed by atoms with E-state index in [-0.39, 0.29) is 6.54 Å². The highest BCUT2D eigenvalue weighted by atomic mass is 32.2. The van der Waals surface area contributed by atoms with E-state index < -0.39 is 16.1 Å². The first-order valence-electron chi connectivity index (χ1n) is 7.95.